The summed E-state index contributed by atoms with van der Waals surface area (Å²) < 4.78 is 5.41. The van der Waals surface area contributed by atoms with Crippen LogP contribution in [-0.2, 0) is 0 Å². The molecule has 0 aromatic heterocycles. The van der Waals surface area contributed by atoms with Crippen LogP contribution in [0.4, 0.5) is 4.79 Å². The van der Waals surface area contributed by atoms with Gasteiger partial charge in [0.2, 0.25) is 0 Å². The number of aliphatic hydroxyl groups is 1. The number of benzene rings is 1. The average Bonchev–Trinajstić information content (AvgIpc) is 2.45. The zero-order chi connectivity index (χ0) is 16.7. The zero-order valence-corrected chi connectivity index (χ0v) is 14.2. The second-order valence-electron chi connectivity index (χ2n) is 6.10. The van der Waals surface area contributed by atoms with Crippen molar-refractivity contribution in [1.82, 2.24) is 10.2 Å². The molecule has 124 valence electrons. The van der Waals surface area contributed by atoms with Crippen LogP contribution in [0.3, 0.4) is 0 Å². The van der Waals surface area contributed by atoms with Gasteiger partial charge < -0.3 is 20.1 Å². The predicted octanol–water partition coefficient (Wildman–Crippen LogP) is 2.80. The molecule has 0 saturated carbocycles. The molecule has 22 heavy (non-hydrogen) atoms. The van der Waals surface area contributed by atoms with Crippen molar-refractivity contribution < 1.29 is 14.6 Å². The number of urea groups is 1. The van der Waals surface area contributed by atoms with Crippen LogP contribution in [0.15, 0.2) is 24.3 Å². The average molecular weight is 308 g/mol. The van der Waals surface area contributed by atoms with Gasteiger partial charge in [0, 0.05) is 19.2 Å². The van der Waals surface area contributed by atoms with E-state index in [0.29, 0.717) is 12.5 Å². The summed E-state index contributed by atoms with van der Waals surface area (Å²) in [6.45, 7) is 6.20. The third kappa shape index (κ3) is 5.56. The molecule has 5 heteroatoms. The summed E-state index contributed by atoms with van der Waals surface area (Å²) in [5.74, 6) is 1.20. The minimum atomic E-state index is -0.550. The third-order valence-electron chi connectivity index (χ3n) is 3.40. The van der Waals surface area contributed by atoms with Crippen molar-refractivity contribution in [3.8, 4) is 5.75 Å². The number of aliphatic hydroxyl groups excluding tert-OH is 1. The van der Waals surface area contributed by atoms with E-state index in [-0.39, 0.29) is 12.1 Å². The Labute approximate surface area is 133 Å². The van der Waals surface area contributed by atoms with Crippen LogP contribution in [0, 0.1) is 5.92 Å². The smallest absolute Gasteiger partial charge is 0.317 e. The lowest BCUT2D eigenvalue weighted by Crippen LogP contribution is -2.42. The number of hydrogen-bond acceptors (Lipinski definition) is 3. The van der Waals surface area contributed by atoms with E-state index in [2.05, 4.69) is 19.2 Å². The summed E-state index contributed by atoms with van der Waals surface area (Å²) in [7, 11) is 3.31. The molecular weight excluding hydrogens is 280 g/mol. The van der Waals surface area contributed by atoms with Crippen molar-refractivity contribution in [1.29, 1.82) is 0 Å². The van der Waals surface area contributed by atoms with Gasteiger partial charge in [0.05, 0.1) is 19.3 Å². The molecule has 1 rings (SSSR count). The van der Waals surface area contributed by atoms with Gasteiger partial charge in [-0.3, -0.25) is 0 Å². The number of methoxy groups -OCH3 is 1. The summed E-state index contributed by atoms with van der Waals surface area (Å²) in [5.41, 5.74) is 0.970. The number of carbonyl (C=O) groups excluding carboxylic acids is 1. The fourth-order valence-electron chi connectivity index (χ4n) is 2.43. The Balaban J connectivity index is 2.91. The van der Waals surface area contributed by atoms with Crippen LogP contribution in [0.25, 0.3) is 0 Å². The van der Waals surface area contributed by atoms with Crippen molar-refractivity contribution in [2.75, 3.05) is 20.7 Å². The van der Waals surface area contributed by atoms with E-state index >= 15 is 0 Å². The Hall–Kier alpha value is -1.75. The predicted molar refractivity (Wildman–Crippen MR) is 88.0 cm³/mol. The van der Waals surface area contributed by atoms with Crippen molar-refractivity contribution in [2.24, 2.45) is 5.92 Å². The number of nitrogens with zero attached hydrogens (tertiary/aromatic N) is 1. The van der Waals surface area contributed by atoms with Gasteiger partial charge in [-0.1, -0.05) is 32.0 Å². The SMILES string of the molecule is COc1ccccc1C(CC(C)C)NC(=O)N(C)CC(C)O. The zero-order valence-electron chi connectivity index (χ0n) is 14.2. The number of hydrogen-bond donors (Lipinski definition) is 2. The standard InChI is InChI=1S/C17H28N2O3/c1-12(2)10-15(14-8-6-7-9-16(14)22-5)18-17(21)19(4)11-13(3)20/h6-9,12-13,15,20H,10-11H2,1-5H3,(H,18,21). The Morgan fingerprint density at radius 3 is 2.50 bits per heavy atom. The lowest BCUT2D eigenvalue weighted by atomic mass is 9.96. The van der Waals surface area contributed by atoms with E-state index < -0.39 is 6.10 Å². The maximum absolute atomic E-state index is 12.3. The van der Waals surface area contributed by atoms with Crippen LogP contribution in [0.1, 0.15) is 38.8 Å². The lowest BCUT2D eigenvalue weighted by molar-refractivity contribution is 0.141. The number of carbonyl (C=O) groups is 1. The van der Waals surface area contributed by atoms with Gasteiger partial charge in [0.15, 0.2) is 0 Å². The highest BCUT2D eigenvalue weighted by Gasteiger charge is 2.21. The van der Waals surface area contributed by atoms with Gasteiger partial charge in [-0.2, -0.15) is 0 Å². The molecule has 2 unspecified atom stereocenters. The molecule has 2 amide bonds. The number of nitrogens with one attached hydrogen (secondary N) is 1. The first kappa shape index (κ1) is 18.3. The van der Waals surface area contributed by atoms with E-state index in [9.17, 15) is 9.90 Å². The van der Waals surface area contributed by atoms with E-state index in [1.807, 2.05) is 24.3 Å². The minimum absolute atomic E-state index is 0.125. The van der Waals surface area contributed by atoms with Gasteiger partial charge in [-0.05, 0) is 25.3 Å². The minimum Gasteiger partial charge on any atom is -0.496 e. The first-order chi connectivity index (χ1) is 10.3. The van der Waals surface area contributed by atoms with E-state index in [1.54, 1.807) is 21.1 Å². The second kappa shape index (κ2) is 8.63. The number of amides is 2. The highest BCUT2D eigenvalue weighted by Crippen LogP contribution is 2.29. The number of rotatable bonds is 7. The molecule has 0 fully saturated rings. The van der Waals surface area contributed by atoms with E-state index in [1.165, 1.54) is 4.90 Å². The molecule has 0 aliphatic carbocycles. The topological polar surface area (TPSA) is 61.8 Å². The van der Waals surface area contributed by atoms with Crippen LogP contribution >= 0.6 is 0 Å². The summed E-state index contributed by atoms with van der Waals surface area (Å²) >= 11 is 0. The Morgan fingerprint density at radius 1 is 1.32 bits per heavy atom. The van der Waals surface area contributed by atoms with Crippen LogP contribution < -0.4 is 10.1 Å². The molecule has 1 aromatic carbocycles. The molecule has 0 aliphatic rings. The van der Waals surface area contributed by atoms with Crippen molar-refractivity contribution in [2.45, 2.75) is 39.3 Å². The Bertz CT molecular complexity index is 475. The molecule has 0 radical (unpaired) electrons. The molecule has 5 nitrogen and oxygen atoms in total. The normalized spacial score (nSPS) is 13.6. The maximum atomic E-state index is 12.3. The molecule has 0 saturated heterocycles. The fraction of sp³-hybridized carbons (Fsp3) is 0.588. The summed E-state index contributed by atoms with van der Waals surface area (Å²) in [5, 5.41) is 12.4. The van der Waals surface area contributed by atoms with Gasteiger partial charge in [-0.25, -0.2) is 4.79 Å². The van der Waals surface area contributed by atoms with Gasteiger partial charge >= 0.3 is 6.03 Å². The molecular formula is C17H28N2O3. The molecule has 2 atom stereocenters. The molecule has 0 spiro atoms. The van der Waals surface area contributed by atoms with Gasteiger partial charge in [0.25, 0.3) is 0 Å². The molecule has 0 aliphatic heterocycles. The largest absolute Gasteiger partial charge is 0.496 e. The molecule has 1 aromatic rings. The quantitative estimate of drug-likeness (QED) is 0.814. The van der Waals surface area contributed by atoms with Crippen LogP contribution in [-0.4, -0.2) is 42.8 Å². The first-order valence-corrected chi connectivity index (χ1v) is 7.67. The van der Waals surface area contributed by atoms with Crippen LogP contribution in [0.2, 0.25) is 0 Å². The first-order valence-electron chi connectivity index (χ1n) is 7.67. The maximum Gasteiger partial charge on any atom is 0.317 e. The Kier molecular flexibility index (Phi) is 7.18. The fourth-order valence-corrected chi connectivity index (χ4v) is 2.43. The number of para-hydroxylation sites is 1. The van der Waals surface area contributed by atoms with Crippen LogP contribution in [0.5, 0.6) is 5.75 Å². The summed E-state index contributed by atoms with van der Waals surface area (Å²) in [6, 6.07) is 7.40. The number of likely N-dealkylation sites (N-methyl/N-ethyl adjacent to an activating group) is 1. The Morgan fingerprint density at radius 2 is 1.95 bits per heavy atom. The molecule has 0 bridgehead atoms. The van der Waals surface area contributed by atoms with Crippen molar-refractivity contribution in [3.63, 3.8) is 0 Å². The molecule has 2 N–H and O–H groups in total. The highest BCUT2D eigenvalue weighted by molar-refractivity contribution is 5.74. The summed E-state index contributed by atoms with van der Waals surface area (Å²) in [4.78, 5) is 13.8. The van der Waals surface area contributed by atoms with Gasteiger partial charge in [-0.15, -0.1) is 0 Å². The monoisotopic (exact) mass is 308 g/mol. The lowest BCUT2D eigenvalue weighted by Gasteiger charge is -2.26. The summed E-state index contributed by atoms with van der Waals surface area (Å²) in [6.07, 6.45) is 0.264. The van der Waals surface area contributed by atoms with Crippen molar-refractivity contribution in [3.05, 3.63) is 29.8 Å². The molecule has 0 heterocycles. The van der Waals surface area contributed by atoms with Crippen molar-refractivity contribution >= 4 is 6.03 Å². The second-order valence-corrected chi connectivity index (χ2v) is 6.10. The van der Waals surface area contributed by atoms with E-state index in [4.69, 9.17) is 4.74 Å². The van der Waals surface area contributed by atoms with Gasteiger partial charge in [0.1, 0.15) is 5.75 Å². The number of ether oxygens (including phenoxy) is 1. The highest BCUT2D eigenvalue weighted by atomic mass is 16.5. The third-order valence-corrected chi connectivity index (χ3v) is 3.40. The van der Waals surface area contributed by atoms with E-state index in [0.717, 1.165) is 17.7 Å².